The van der Waals surface area contributed by atoms with Gasteiger partial charge in [0, 0.05) is 8.95 Å². The molecule has 1 nitrogen and oxygen atoms in total. The van der Waals surface area contributed by atoms with Crippen LogP contribution in [0.1, 0.15) is 29.7 Å². The van der Waals surface area contributed by atoms with E-state index in [1.165, 1.54) is 6.07 Å². The molecule has 20 heavy (non-hydrogen) atoms. The third-order valence-electron chi connectivity index (χ3n) is 3.18. The molecular weight excluding hydrogens is 385 g/mol. The molecule has 106 valence electrons. The standard InChI is InChI=1S/C16H16Br2FN/c1-3-20-16(11-5-4-6-12(19)8-11)13-9-14(17)10(2)7-15(13)18/h4-9,16,20H,3H2,1-2H3. The lowest BCUT2D eigenvalue weighted by Crippen LogP contribution is -2.22. The number of aryl methyl sites for hydroxylation is 1. The van der Waals surface area contributed by atoms with Gasteiger partial charge in [-0.25, -0.2) is 4.39 Å². The lowest BCUT2D eigenvalue weighted by atomic mass is 9.97. The van der Waals surface area contributed by atoms with Gasteiger partial charge in [0.05, 0.1) is 6.04 Å². The molecule has 0 aliphatic carbocycles. The van der Waals surface area contributed by atoms with Crippen molar-refractivity contribution >= 4 is 31.9 Å². The summed E-state index contributed by atoms with van der Waals surface area (Å²) in [4.78, 5) is 0. The highest BCUT2D eigenvalue weighted by molar-refractivity contribution is 9.11. The van der Waals surface area contributed by atoms with Crippen LogP contribution in [0.3, 0.4) is 0 Å². The predicted molar refractivity (Wildman–Crippen MR) is 88.5 cm³/mol. The molecule has 0 saturated heterocycles. The minimum atomic E-state index is -0.215. The Labute approximate surface area is 135 Å². The van der Waals surface area contributed by atoms with Crippen LogP contribution >= 0.6 is 31.9 Å². The van der Waals surface area contributed by atoms with Crippen LogP contribution in [0.5, 0.6) is 0 Å². The SMILES string of the molecule is CCNC(c1cccc(F)c1)c1cc(Br)c(C)cc1Br. The monoisotopic (exact) mass is 399 g/mol. The summed E-state index contributed by atoms with van der Waals surface area (Å²) in [6.07, 6.45) is 0. The Bertz CT molecular complexity index is 613. The van der Waals surface area contributed by atoms with E-state index in [9.17, 15) is 4.39 Å². The average molecular weight is 401 g/mol. The first kappa shape index (κ1) is 15.7. The van der Waals surface area contributed by atoms with Crippen molar-refractivity contribution in [2.24, 2.45) is 0 Å². The van der Waals surface area contributed by atoms with Crippen LogP contribution < -0.4 is 5.32 Å². The molecular formula is C16H16Br2FN. The maximum atomic E-state index is 13.5. The molecule has 0 saturated carbocycles. The molecule has 0 aromatic heterocycles. The van der Waals surface area contributed by atoms with Crippen molar-refractivity contribution in [2.45, 2.75) is 19.9 Å². The molecule has 0 fully saturated rings. The first-order valence-corrected chi connectivity index (χ1v) is 8.06. The average Bonchev–Trinajstić information content (AvgIpc) is 2.40. The van der Waals surface area contributed by atoms with Crippen LogP contribution in [0.15, 0.2) is 45.3 Å². The van der Waals surface area contributed by atoms with E-state index in [0.29, 0.717) is 0 Å². The van der Waals surface area contributed by atoms with Crippen molar-refractivity contribution in [3.63, 3.8) is 0 Å². The summed E-state index contributed by atoms with van der Waals surface area (Å²) >= 11 is 7.18. The smallest absolute Gasteiger partial charge is 0.123 e. The molecule has 4 heteroatoms. The number of rotatable bonds is 4. The summed E-state index contributed by atoms with van der Waals surface area (Å²) in [6.45, 7) is 4.89. The molecule has 2 aromatic carbocycles. The van der Waals surface area contributed by atoms with Gasteiger partial charge in [-0.2, -0.15) is 0 Å². The predicted octanol–water partition coefficient (Wildman–Crippen LogP) is 5.36. The van der Waals surface area contributed by atoms with Crippen LogP contribution in [0.25, 0.3) is 0 Å². The minimum Gasteiger partial charge on any atom is -0.306 e. The van der Waals surface area contributed by atoms with Crippen molar-refractivity contribution in [3.8, 4) is 0 Å². The van der Waals surface area contributed by atoms with Crippen LogP contribution in [0, 0.1) is 12.7 Å². The second kappa shape index (κ2) is 6.83. The molecule has 2 rings (SSSR count). The molecule has 0 aliphatic rings. The molecule has 0 amide bonds. The van der Waals surface area contributed by atoms with E-state index in [0.717, 1.165) is 32.2 Å². The van der Waals surface area contributed by atoms with Gasteiger partial charge in [-0.05, 0) is 54.4 Å². The summed E-state index contributed by atoms with van der Waals surface area (Å²) in [5.74, 6) is -0.215. The number of hydrogen-bond donors (Lipinski definition) is 1. The maximum absolute atomic E-state index is 13.5. The van der Waals surface area contributed by atoms with Crippen molar-refractivity contribution in [3.05, 3.63) is 67.9 Å². The molecule has 1 atom stereocenters. The minimum absolute atomic E-state index is 0.0398. The highest BCUT2D eigenvalue weighted by atomic mass is 79.9. The van der Waals surface area contributed by atoms with E-state index in [4.69, 9.17) is 0 Å². The first-order valence-electron chi connectivity index (χ1n) is 6.47. The second-order valence-corrected chi connectivity index (χ2v) is 6.38. The Morgan fingerprint density at radius 3 is 2.55 bits per heavy atom. The van der Waals surface area contributed by atoms with E-state index in [1.807, 2.05) is 19.9 Å². The normalized spacial score (nSPS) is 12.4. The molecule has 2 aromatic rings. The third kappa shape index (κ3) is 3.48. The zero-order valence-corrected chi connectivity index (χ0v) is 14.6. The van der Waals surface area contributed by atoms with Crippen LogP contribution in [-0.2, 0) is 0 Å². The number of halogens is 3. The van der Waals surface area contributed by atoms with Gasteiger partial charge in [0.25, 0.3) is 0 Å². The second-order valence-electron chi connectivity index (χ2n) is 4.67. The Balaban J connectivity index is 2.51. The molecule has 0 aliphatic heterocycles. The Hall–Kier alpha value is -0.710. The molecule has 0 heterocycles. The quantitative estimate of drug-likeness (QED) is 0.728. The van der Waals surface area contributed by atoms with Crippen LogP contribution in [0.4, 0.5) is 4.39 Å². The molecule has 0 bridgehead atoms. The van der Waals surface area contributed by atoms with E-state index in [-0.39, 0.29) is 11.9 Å². The Kier molecular flexibility index (Phi) is 5.35. The fraction of sp³-hybridized carbons (Fsp3) is 0.250. The van der Waals surface area contributed by atoms with E-state index >= 15 is 0 Å². The van der Waals surface area contributed by atoms with E-state index < -0.39 is 0 Å². The number of benzene rings is 2. The summed E-state index contributed by atoms with van der Waals surface area (Å²) in [5, 5.41) is 3.41. The zero-order chi connectivity index (χ0) is 14.7. The molecule has 1 unspecified atom stereocenters. The number of nitrogens with one attached hydrogen (secondary N) is 1. The van der Waals surface area contributed by atoms with Gasteiger partial charge in [0.1, 0.15) is 5.82 Å². The van der Waals surface area contributed by atoms with Gasteiger partial charge in [-0.3, -0.25) is 0 Å². The summed E-state index contributed by atoms with van der Waals surface area (Å²) in [6, 6.07) is 10.8. The molecule has 0 spiro atoms. The van der Waals surface area contributed by atoms with Crippen molar-refractivity contribution < 1.29 is 4.39 Å². The van der Waals surface area contributed by atoms with E-state index in [1.54, 1.807) is 12.1 Å². The van der Waals surface area contributed by atoms with E-state index in [2.05, 4.69) is 49.3 Å². The van der Waals surface area contributed by atoms with Crippen molar-refractivity contribution in [1.82, 2.24) is 5.32 Å². The van der Waals surface area contributed by atoms with Gasteiger partial charge in [0.15, 0.2) is 0 Å². The molecule has 1 N–H and O–H groups in total. The van der Waals surface area contributed by atoms with Gasteiger partial charge >= 0.3 is 0 Å². The maximum Gasteiger partial charge on any atom is 0.123 e. The summed E-state index contributed by atoms with van der Waals surface area (Å²) < 4.78 is 15.6. The van der Waals surface area contributed by atoms with Crippen LogP contribution in [0.2, 0.25) is 0 Å². The third-order valence-corrected chi connectivity index (χ3v) is 4.72. The molecule has 0 radical (unpaired) electrons. The fourth-order valence-corrected chi connectivity index (χ4v) is 3.23. The van der Waals surface area contributed by atoms with Crippen molar-refractivity contribution in [2.75, 3.05) is 6.54 Å². The summed E-state index contributed by atoms with van der Waals surface area (Å²) in [5.41, 5.74) is 3.17. The first-order chi connectivity index (χ1) is 9.52. The van der Waals surface area contributed by atoms with Crippen LogP contribution in [-0.4, -0.2) is 6.54 Å². The lowest BCUT2D eigenvalue weighted by molar-refractivity contribution is 0.602. The fourth-order valence-electron chi connectivity index (χ4n) is 2.18. The Morgan fingerprint density at radius 1 is 1.15 bits per heavy atom. The van der Waals surface area contributed by atoms with Gasteiger partial charge in [-0.1, -0.05) is 50.9 Å². The van der Waals surface area contributed by atoms with Crippen molar-refractivity contribution in [1.29, 1.82) is 0 Å². The topological polar surface area (TPSA) is 12.0 Å². The lowest BCUT2D eigenvalue weighted by Gasteiger charge is -2.21. The number of hydrogen-bond acceptors (Lipinski definition) is 1. The Morgan fingerprint density at radius 2 is 1.90 bits per heavy atom. The van der Waals surface area contributed by atoms with Gasteiger partial charge in [-0.15, -0.1) is 0 Å². The summed E-state index contributed by atoms with van der Waals surface area (Å²) in [7, 11) is 0. The highest BCUT2D eigenvalue weighted by Crippen LogP contribution is 2.33. The zero-order valence-electron chi connectivity index (χ0n) is 11.4. The van der Waals surface area contributed by atoms with Gasteiger partial charge in [0.2, 0.25) is 0 Å². The largest absolute Gasteiger partial charge is 0.306 e. The highest BCUT2D eigenvalue weighted by Gasteiger charge is 2.17. The van der Waals surface area contributed by atoms with Gasteiger partial charge < -0.3 is 5.32 Å².